The van der Waals surface area contributed by atoms with Gasteiger partial charge in [0.1, 0.15) is 52.0 Å². The number of alkyl carbamates (subject to hydrolysis) is 1. The normalized spacial score (nSPS) is 28.7. The third-order valence-electron chi connectivity index (χ3n) is 13.3. The van der Waals surface area contributed by atoms with Crippen molar-refractivity contribution in [1.29, 1.82) is 0 Å². The van der Waals surface area contributed by atoms with Crippen LogP contribution in [0.2, 0.25) is 5.02 Å². The first-order valence-corrected chi connectivity index (χ1v) is 23.3. The van der Waals surface area contributed by atoms with Crippen LogP contribution < -0.4 is 25.4 Å². The third-order valence-corrected chi connectivity index (χ3v) is 14.5. The Balaban J connectivity index is 1.10. The Bertz CT molecular complexity index is 2260. The number of carboxylic acid groups (broad SMARTS) is 1. The highest BCUT2D eigenvalue weighted by Crippen LogP contribution is 2.53. The van der Waals surface area contributed by atoms with Crippen molar-refractivity contribution in [2.45, 2.75) is 141 Å². The van der Waals surface area contributed by atoms with E-state index in [4.69, 9.17) is 35.8 Å². The van der Waals surface area contributed by atoms with Crippen LogP contribution >= 0.6 is 22.9 Å². The Morgan fingerprint density at radius 1 is 1.03 bits per heavy atom. The summed E-state index contributed by atoms with van der Waals surface area (Å²) in [7, 11) is 0. The molecule has 4 saturated carbocycles. The lowest BCUT2D eigenvalue weighted by atomic mass is 9.85. The summed E-state index contributed by atoms with van der Waals surface area (Å²) in [5, 5.41) is 22.3. The predicted molar refractivity (Wildman–Crippen MR) is 233 cm³/mol. The molecule has 3 amide bonds. The molecule has 342 valence electrons. The summed E-state index contributed by atoms with van der Waals surface area (Å²) in [6.07, 6.45) is 1.73. The predicted octanol–water partition coefficient (Wildman–Crippen LogP) is 8.30. The van der Waals surface area contributed by atoms with E-state index < -0.39 is 58.9 Å². The van der Waals surface area contributed by atoms with Crippen LogP contribution in [0.5, 0.6) is 11.5 Å². The number of alkyl halides is 2. The van der Waals surface area contributed by atoms with Crippen LogP contribution in [0.25, 0.3) is 22.3 Å². The zero-order valence-electron chi connectivity index (χ0n) is 36.5. The topological polar surface area (TPSA) is 181 Å². The number of amides is 3. The van der Waals surface area contributed by atoms with Gasteiger partial charge in [-0.15, -0.1) is 11.3 Å². The van der Waals surface area contributed by atoms with Gasteiger partial charge in [-0.25, -0.2) is 28.3 Å². The van der Waals surface area contributed by atoms with Gasteiger partial charge in [-0.1, -0.05) is 45.7 Å². The van der Waals surface area contributed by atoms with Crippen LogP contribution in [0.3, 0.4) is 0 Å². The Labute approximate surface area is 374 Å². The fourth-order valence-electron chi connectivity index (χ4n) is 9.67. The van der Waals surface area contributed by atoms with Gasteiger partial charge in [-0.2, -0.15) is 0 Å². The molecule has 0 spiro atoms. The lowest BCUT2D eigenvalue weighted by molar-refractivity contribution is -0.146. The van der Waals surface area contributed by atoms with Crippen LogP contribution in [0.4, 0.5) is 18.7 Å². The van der Waals surface area contributed by atoms with E-state index in [-0.39, 0.29) is 73.6 Å². The van der Waals surface area contributed by atoms with Crippen molar-refractivity contribution in [3.05, 3.63) is 28.6 Å². The average Bonchev–Trinajstić information content (AvgIpc) is 3.74. The second kappa shape index (κ2) is 17.1. The maximum atomic E-state index is 14.8. The number of hydrogen-bond acceptors (Lipinski definition) is 11. The summed E-state index contributed by atoms with van der Waals surface area (Å²) in [6.45, 7) is 11.3. The molecular formula is C45H57ClF2N6O8S. The number of thiazole rings is 1. The smallest absolute Gasteiger partial charge is 0.408 e. The van der Waals surface area contributed by atoms with E-state index in [1.165, 1.54) is 16.2 Å². The number of anilines is 1. The van der Waals surface area contributed by atoms with Gasteiger partial charge < -0.3 is 40.2 Å². The van der Waals surface area contributed by atoms with E-state index in [0.29, 0.717) is 57.8 Å². The van der Waals surface area contributed by atoms with Crippen molar-refractivity contribution in [3.8, 4) is 22.9 Å². The minimum atomic E-state index is -2.72. The minimum Gasteiger partial charge on any atom is -0.492 e. The number of rotatable bonds is 15. The quantitative estimate of drug-likeness (QED) is 0.115. The zero-order valence-corrected chi connectivity index (χ0v) is 38.0. The molecule has 2 aromatic heterocycles. The Morgan fingerprint density at radius 2 is 1.78 bits per heavy atom. The number of carbonyl (C=O) groups excluding carboxylic acids is 3. The number of fused-ring (bicyclic) bond motifs is 2. The number of nitrogens with zero attached hydrogens (tertiary/aromatic N) is 3. The second-order valence-corrected chi connectivity index (χ2v) is 20.9. The Hall–Kier alpha value is -4.51. The largest absolute Gasteiger partial charge is 0.492 e. The SMILES string of the molecule is CC[C@@H]1C[C@]1(NC(=O)[C@@H]1C[C@@H](Oc2cc(-c3csc(NC(C)C)n3)nc3c(Cl)c(OC[C@H]4CCC(F)(F)C4)ccc23)CN1C(=O)[C@@H](NC(=O)O[C@@H]1C[C@@H]2C[C@@H]2C1)C(C)(C)C)C(=O)O. The molecule has 1 saturated heterocycles. The summed E-state index contributed by atoms with van der Waals surface area (Å²) < 4.78 is 46.5. The van der Waals surface area contributed by atoms with Gasteiger partial charge in [0.25, 0.3) is 0 Å². The highest BCUT2D eigenvalue weighted by molar-refractivity contribution is 7.14. The zero-order chi connectivity index (χ0) is 45.2. The maximum absolute atomic E-state index is 14.8. The molecule has 18 heteroatoms. The van der Waals surface area contributed by atoms with E-state index in [0.717, 1.165) is 19.3 Å². The van der Waals surface area contributed by atoms with Gasteiger partial charge in [0.2, 0.25) is 17.7 Å². The van der Waals surface area contributed by atoms with Gasteiger partial charge in [0.15, 0.2) is 5.13 Å². The van der Waals surface area contributed by atoms with E-state index in [2.05, 4.69) is 16.0 Å². The first-order valence-electron chi connectivity index (χ1n) is 22.1. The number of ether oxygens (including phenoxy) is 3. The summed E-state index contributed by atoms with van der Waals surface area (Å²) in [5.74, 6) is -3.88. The van der Waals surface area contributed by atoms with E-state index in [1.54, 1.807) is 18.2 Å². The number of aliphatic carboxylic acids is 1. The molecule has 3 aromatic rings. The van der Waals surface area contributed by atoms with E-state index >= 15 is 0 Å². The van der Waals surface area contributed by atoms with Gasteiger partial charge in [0, 0.05) is 42.1 Å². The Kier molecular flexibility index (Phi) is 12.3. The number of halogens is 3. The van der Waals surface area contributed by atoms with Crippen molar-refractivity contribution in [1.82, 2.24) is 25.5 Å². The molecular weight excluding hydrogens is 858 g/mol. The first kappa shape index (κ1) is 45.1. The third kappa shape index (κ3) is 9.64. The molecule has 63 heavy (non-hydrogen) atoms. The van der Waals surface area contributed by atoms with Crippen LogP contribution in [0.1, 0.15) is 99.3 Å². The Morgan fingerprint density at radius 3 is 2.41 bits per heavy atom. The maximum Gasteiger partial charge on any atom is 0.408 e. The van der Waals surface area contributed by atoms with Crippen molar-refractivity contribution in [2.75, 3.05) is 18.5 Å². The number of likely N-dealkylation sites (tertiary alicyclic amines) is 1. The molecule has 1 aromatic carbocycles. The fourth-order valence-corrected chi connectivity index (χ4v) is 10.8. The highest BCUT2D eigenvalue weighted by atomic mass is 35.5. The standard InChI is InChI=1S/C45H57ClF2N6O8S/c1-7-26-18-45(26,40(57)58)53-38(55)32-15-28(19-54(32)39(56)37(43(4,5)6)52-42(59)62-27-13-24-12-25(24)14-27)61-34-16-30(31-21-63-41(51-31)49-22(2)3)50-36-29(34)8-9-33(35(36)46)60-20-23-10-11-44(47,48)17-23/h8-9,16,21-28,32,37H,7,10-15,17-20H2,1-6H3,(H,49,51)(H,52,59)(H,53,55)(H,57,58)/t23-,24-,25+,26+,27+,28+,32-,37+,45+/m0/s1. The van der Waals surface area contributed by atoms with Gasteiger partial charge in [0.05, 0.1) is 24.4 Å². The van der Waals surface area contributed by atoms with Crippen molar-refractivity contribution in [2.24, 2.45) is 29.1 Å². The molecule has 4 N–H and O–H groups in total. The molecule has 4 aliphatic carbocycles. The average molecular weight is 916 g/mol. The van der Waals surface area contributed by atoms with Crippen molar-refractivity contribution >= 4 is 62.8 Å². The summed E-state index contributed by atoms with van der Waals surface area (Å²) in [4.78, 5) is 66.0. The monoisotopic (exact) mass is 914 g/mol. The molecule has 0 bridgehead atoms. The summed E-state index contributed by atoms with van der Waals surface area (Å²) >= 11 is 8.41. The van der Waals surface area contributed by atoms with Gasteiger partial charge in [-0.05, 0) is 87.2 Å². The molecule has 9 atom stereocenters. The van der Waals surface area contributed by atoms with Crippen LogP contribution in [-0.4, -0.2) is 98.8 Å². The molecule has 5 aliphatic rings. The molecule has 0 radical (unpaired) electrons. The number of carbonyl (C=O) groups is 4. The number of carboxylic acids is 1. The molecule has 3 heterocycles. The number of nitrogens with one attached hydrogen (secondary N) is 3. The lowest BCUT2D eigenvalue weighted by Crippen LogP contribution is -2.59. The second-order valence-electron chi connectivity index (χ2n) is 19.6. The van der Waals surface area contributed by atoms with Crippen LogP contribution in [-0.2, 0) is 19.1 Å². The number of hydrogen-bond donors (Lipinski definition) is 4. The summed E-state index contributed by atoms with van der Waals surface area (Å²) in [5.41, 5.74) is -1.02. The molecule has 1 aliphatic heterocycles. The fraction of sp³-hybridized carbons (Fsp3) is 0.644. The van der Waals surface area contributed by atoms with E-state index in [9.17, 15) is 33.1 Å². The van der Waals surface area contributed by atoms with Crippen molar-refractivity contribution in [3.63, 3.8) is 0 Å². The number of benzene rings is 1. The molecule has 5 fully saturated rings. The lowest BCUT2D eigenvalue weighted by Gasteiger charge is -2.35. The van der Waals surface area contributed by atoms with Crippen LogP contribution in [0, 0.1) is 29.1 Å². The minimum absolute atomic E-state index is 0.00448. The number of pyridine rings is 1. The molecule has 0 unspecified atom stereocenters. The highest BCUT2D eigenvalue weighted by Gasteiger charge is 2.61. The molecule has 8 rings (SSSR count). The van der Waals surface area contributed by atoms with E-state index in [1.807, 2.05) is 46.9 Å². The van der Waals surface area contributed by atoms with Crippen LogP contribution in [0.15, 0.2) is 23.6 Å². The van der Waals surface area contributed by atoms with Crippen molar-refractivity contribution < 1.29 is 47.3 Å². The summed E-state index contributed by atoms with van der Waals surface area (Å²) in [6, 6.07) is 2.93. The number of aromatic nitrogens is 2. The van der Waals surface area contributed by atoms with Gasteiger partial charge in [-0.3, -0.25) is 9.59 Å². The first-order chi connectivity index (χ1) is 29.7. The molecule has 14 nitrogen and oxygen atoms in total. The van der Waals surface area contributed by atoms with Gasteiger partial charge >= 0.3 is 12.1 Å².